The Morgan fingerprint density at radius 1 is 0.643 bits per heavy atom. The van der Waals surface area contributed by atoms with E-state index in [0.29, 0.717) is 5.96 Å². The van der Waals surface area contributed by atoms with Gasteiger partial charge in [0.15, 0.2) is 0 Å². The zero-order chi connectivity index (χ0) is 19.3. The second-order valence-corrected chi connectivity index (χ2v) is 6.79. The summed E-state index contributed by atoms with van der Waals surface area (Å²) >= 11 is 0. The summed E-state index contributed by atoms with van der Waals surface area (Å²) in [7, 11) is 0. The smallest absolute Gasteiger partial charge is 0.257 e. The van der Waals surface area contributed by atoms with E-state index < -0.39 is 0 Å². The first kappa shape index (κ1) is 20.8. The summed E-state index contributed by atoms with van der Waals surface area (Å²) < 4.78 is 0. The van der Waals surface area contributed by atoms with Gasteiger partial charge in [-0.1, -0.05) is 0 Å². The Labute approximate surface area is 165 Å². The van der Waals surface area contributed by atoms with Crippen LogP contribution in [-0.2, 0) is 0 Å². The largest absolute Gasteiger partial charge is 0.314 e. The molecule has 3 rings (SSSR count). The molecule has 12 heteroatoms. The van der Waals surface area contributed by atoms with E-state index >= 15 is 0 Å². The van der Waals surface area contributed by atoms with Gasteiger partial charge in [-0.3, -0.25) is 0 Å². The molecule has 0 spiro atoms. The summed E-state index contributed by atoms with van der Waals surface area (Å²) in [5, 5.41) is 36.9. The van der Waals surface area contributed by atoms with Gasteiger partial charge in [-0.05, 0) is 0 Å². The summed E-state index contributed by atoms with van der Waals surface area (Å²) in [5.41, 5.74) is 5.77. The van der Waals surface area contributed by atoms with Crippen molar-refractivity contribution < 1.29 is 0 Å². The fraction of sp³-hybridized carbons (Fsp3) is 0.750. The second-order valence-electron chi connectivity index (χ2n) is 6.79. The number of hydrogen-bond acceptors (Lipinski definition) is 10. The van der Waals surface area contributed by atoms with Crippen molar-refractivity contribution >= 4 is 24.6 Å². The molecule has 0 aromatic rings. The normalized spacial score (nSPS) is 29.4. The highest BCUT2D eigenvalue weighted by Crippen LogP contribution is 1.86. The number of piperazine rings is 3. The predicted molar refractivity (Wildman–Crippen MR) is 113 cm³/mol. The van der Waals surface area contributed by atoms with Crippen molar-refractivity contribution in [3.05, 3.63) is 0 Å². The van der Waals surface area contributed by atoms with Crippen molar-refractivity contribution in [1.29, 1.82) is 0 Å². The van der Waals surface area contributed by atoms with E-state index in [4.69, 9.17) is 0 Å². The molecule has 0 aliphatic carbocycles. The average molecular weight is 393 g/mol. The first-order valence-corrected chi connectivity index (χ1v) is 9.92. The lowest BCUT2D eigenvalue weighted by molar-refractivity contribution is 0.491. The quantitative estimate of drug-likeness (QED) is 0.130. The molecule has 8 N–H and O–H groups in total. The van der Waals surface area contributed by atoms with Crippen LogP contribution in [0.3, 0.4) is 0 Å². The first-order chi connectivity index (χ1) is 13.9. The summed E-state index contributed by atoms with van der Waals surface area (Å²) in [6, 6.07) is 0.537. The molecule has 0 radical (unpaired) electrons. The van der Waals surface area contributed by atoms with Gasteiger partial charge < -0.3 is 31.9 Å². The first-order valence-electron chi connectivity index (χ1n) is 9.92. The maximum Gasteiger partial charge on any atom is 0.257 e. The van der Waals surface area contributed by atoms with Crippen LogP contribution in [0.5, 0.6) is 0 Å². The van der Waals surface area contributed by atoms with Crippen LogP contribution in [0.25, 0.3) is 0 Å². The lowest BCUT2D eigenvalue weighted by Gasteiger charge is -2.21. The van der Waals surface area contributed by atoms with E-state index in [1.54, 1.807) is 6.21 Å². The topological polar surface area (TPSA) is 146 Å². The maximum atomic E-state index is 4.25. The van der Waals surface area contributed by atoms with E-state index in [1.165, 1.54) is 0 Å². The van der Waals surface area contributed by atoms with Crippen molar-refractivity contribution in [1.82, 2.24) is 42.8 Å². The molecule has 0 amide bonds. The number of nitrogens with one attached hydrogen (secondary N) is 8. The predicted octanol–water partition coefficient (Wildman–Crippen LogP) is -3.84. The molecule has 0 aromatic heterocycles. The zero-order valence-electron chi connectivity index (χ0n) is 16.1. The minimum atomic E-state index is 0.167. The van der Waals surface area contributed by atoms with Gasteiger partial charge in [-0.2, -0.15) is 15.3 Å². The lowest BCUT2D eigenvalue weighted by atomic mass is 10.2. The molecule has 28 heavy (non-hydrogen) atoms. The molecule has 3 atom stereocenters. The highest BCUT2D eigenvalue weighted by atomic mass is 15.5. The van der Waals surface area contributed by atoms with Crippen molar-refractivity contribution in [2.24, 2.45) is 20.4 Å². The third-order valence-electron chi connectivity index (χ3n) is 4.47. The van der Waals surface area contributed by atoms with Gasteiger partial charge in [0, 0.05) is 77.5 Å². The monoisotopic (exact) mass is 392 g/mol. The summed E-state index contributed by atoms with van der Waals surface area (Å²) in [4.78, 5) is 0. The number of guanidine groups is 1. The second kappa shape index (κ2) is 12.5. The number of nitrogens with zero attached hydrogens (tertiary/aromatic N) is 4. The third-order valence-corrected chi connectivity index (χ3v) is 4.47. The summed E-state index contributed by atoms with van der Waals surface area (Å²) in [6.45, 7) is 8.23. The van der Waals surface area contributed by atoms with Crippen LogP contribution in [0.2, 0.25) is 0 Å². The minimum absolute atomic E-state index is 0.167. The third kappa shape index (κ3) is 7.96. The molecule has 0 aromatic carbocycles. The summed E-state index contributed by atoms with van der Waals surface area (Å²) in [5.74, 6) is 0.361. The van der Waals surface area contributed by atoms with Gasteiger partial charge in [0.1, 0.15) is 0 Å². The van der Waals surface area contributed by atoms with Gasteiger partial charge >= 0.3 is 0 Å². The Hall–Kier alpha value is -1.96. The van der Waals surface area contributed by atoms with E-state index in [2.05, 4.69) is 63.2 Å². The Morgan fingerprint density at radius 2 is 1.11 bits per heavy atom. The summed E-state index contributed by atoms with van der Waals surface area (Å²) in [6.07, 6.45) is 5.41. The van der Waals surface area contributed by atoms with Gasteiger partial charge in [0.05, 0.1) is 18.1 Å². The van der Waals surface area contributed by atoms with Gasteiger partial charge in [0.2, 0.25) is 0 Å². The van der Waals surface area contributed by atoms with Crippen LogP contribution in [0.1, 0.15) is 0 Å². The fourth-order valence-corrected chi connectivity index (χ4v) is 2.96. The standard InChI is InChI=1S/C16H32N12/c1-4-20-13(7-17-1)10-23-26-16(27-24-11-14-8-18-2-5-21-14)28-25-12-15-9-19-3-6-22-15/h10-15,17-22H,1-9H2,(H2,26,27,28)/b23-10-,24-11+,25-12+. The Balaban J connectivity index is 1.52. The van der Waals surface area contributed by atoms with Gasteiger partial charge in [0.25, 0.3) is 5.96 Å². The molecule has 156 valence electrons. The van der Waals surface area contributed by atoms with Crippen molar-refractivity contribution in [3.63, 3.8) is 0 Å². The van der Waals surface area contributed by atoms with Crippen molar-refractivity contribution in [2.75, 3.05) is 58.9 Å². The number of hydrazone groups is 2. The molecule has 3 unspecified atom stereocenters. The Morgan fingerprint density at radius 3 is 1.54 bits per heavy atom. The van der Waals surface area contributed by atoms with Crippen molar-refractivity contribution in [2.45, 2.75) is 18.1 Å². The SMILES string of the molecule is C(=N/N=C(N/N=C/C1CNCCN1)N/N=C/C1CNCCN1)/C1CNCCN1. The fourth-order valence-electron chi connectivity index (χ4n) is 2.96. The highest BCUT2D eigenvalue weighted by molar-refractivity contribution is 5.82. The lowest BCUT2D eigenvalue weighted by Crippen LogP contribution is -2.49. The van der Waals surface area contributed by atoms with Crippen LogP contribution in [0.15, 0.2) is 20.4 Å². The molecule has 3 fully saturated rings. The maximum absolute atomic E-state index is 4.25. The van der Waals surface area contributed by atoms with E-state index in [9.17, 15) is 0 Å². The molecule has 3 saturated heterocycles. The van der Waals surface area contributed by atoms with Crippen LogP contribution in [0, 0.1) is 0 Å². The molecular weight excluding hydrogens is 360 g/mol. The molecular formula is C16H32N12. The van der Waals surface area contributed by atoms with Crippen LogP contribution in [-0.4, -0.2) is 102 Å². The van der Waals surface area contributed by atoms with Crippen LogP contribution >= 0.6 is 0 Å². The van der Waals surface area contributed by atoms with E-state index in [1.807, 2.05) is 12.4 Å². The zero-order valence-corrected chi connectivity index (χ0v) is 16.1. The average Bonchev–Trinajstić information content (AvgIpc) is 2.76. The van der Waals surface area contributed by atoms with Crippen molar-refractivity contribution in [3.8, 4) is 0 Å². The molecule has 12 nitrogen and oxygen atoms in total. The Bertz CT molecular complexity index is 510. The number of rotatable bonds is 6. The number of hydrogen-bond donors (Lipinski definition) is 8. The molecule has 0 saturated carbocycles. The Kier molecular flexibility index (Phi) is 9.26. The molecule has 3 aliphatic heterocycles. The molecule has 3 aliphatic rings. The molecule has 0 bridgehead atoms. The molecule has 3 heterocycles. The van der Waals surface area contributed by atoms with Crippen LogP contribution in [0.4, 0.5) is 0 Å². The minimum Gasteiger partial charge on any atom is -0.314 e. The van der Waals surface area contributed by atoms with Crippen LogP contribution < -0.4 is 42.8 Å². The highest BCUT2D eigenvalue weighted by Gasteiger charge is 2.10. The van der Waals surface area contributed by atoms with Gasteiger partial charge in [-0.25, -0.2) is 10.9 Å². The van der Waals surface area contributed by atoms with Gasteiger partial charge in [-0.15, -0.1) is 5.10 Å². The van der Waals surface area contributed by atoms with E-state index in [0.717, 1.165) is 58.9 Å². The van der Waals surface area contributed by atoms with E-state index in [-0.39, 0.29) is 18.1 Å².